The number of amides is 1. The zero-order valence-corrected chi connectivity index (χ0v) is 24.2. The molecule has 0 heterocycles. The van der Waals surface area contributed by atoms with Crippen molar-refractivity contribution in [3.63, 3.8) is 0 Å². The van der Waals surface area contributed by atoms with E-state index in [1.165, 1.54) is 62.7 Å². The Labute approximate surface area is 224 Å². The number of benzene rings is 1. The first-order valence-corrected chi connectivity index (χ1v) is 15.2. The monoisotopic (exact) mass is 537 g/mol. The van der Waals surface area contributed by atoms with Crippen LogP contribution in [-0.2, 0) is 19.6 Å². The van der Waals surface area contributed by atoms with Crippen molar-refractivity contribution in [1.29, 1.82) is 0 Å². The number of likely N-dealkylation sites (N-methyl/N-ethyl adjacent to an activating group) is 2. The van der Waals surface area contributed by atoms with Crippen LogP contribution < -0.4 is 10.1 Å². The lowest BCUT2D eigenvalue weighted by molar-refractivity contribution is -0.135. The van der Waals surface area contributed by atoms with Crippen molar-refractivity contribution in [3.05, 3.63) is 23.3 Å². The van der Waals surface area contributed by atoms with E-state index in [-0.39, 0.29) is 30.6 Å². The first-order chi connectivity index (χ1) is 17.6. The highest BCUT2D eigenvalue weighted by atomic mass is 32.2. The molecule has 0 atom stereocenters. The van der Waals surface area contributed by atoms with Crippen LogP contribution in [0.5, 0.6) is 5.75 Å². The summed E-state index contributed by atoms with van der Waals surface area (Å²) in [5.74, 6) is 1.88. The van der Waals surface area contributed by atoms with E-state index >= 15 is 0 Å². The standard InChI is InChI=1S/C28H47N3O5S/c1-21-16-26(35-5)17-22(2)28(21)37(33,34)31(4)14-15-36-20-27(32)30(3)19-24-12-10-23(11-13-24)18-29-25-8-6-7-9-25/h16-17,23-25,29H,6-15,18-20H2,1-5H3/t23-,24-. The average Bonchev–Trinajstić information content (AvgIpc) is 3.39. The fourth-order valence-electron chi connectivity index (χ4n) is 5.74. The van der Waals surface area contributed by atoms with Crippen LogP contribution in [0.2, 0.25) is 0 Å². The molecule has 210 valence electrons. The van der Waals surface area contributed by atoms with Gasteiger partial charge in [-0.2, -0.15) is 4.31 Å². The second kappa shape index (κ2) is 13.9. The molecule has 0 radical (unpaired) electrons. The van der Waals surface area contributed by atoms with E-state index in [2.05, 4.69) is 5.32 Å². The Bertz CT molecular complexity index is 963. The quantitative estimate of drug-likeness (QED) is 0.386. The summed E-state index contributed by atoms with van der Waals surface area (Å²) in [5.41, 5.74) is 1.28. The minimum atomic E-state index is -3.68. The van der Waals surface area contributed by atoms with E-state index in [0.717, 1.165) is 25.0 Å². The van der Waals surface area contributed by atoms with Crippen LogP contribution in [0, 0.1) is 25.7 Å². The summed E-state index contributed by atoms with van der Waals surface area (Å²) in [5, 5.41) is 3.76. The maximum Gasteiger partial charge on any atom is 0.248 e. The molecule has 37 heavy (non-hydrogen) atoms. The number of aryl methyl sites for hydroxylation is 2. The van der Waals surface area contributed by atoms with E-state index < -0.39 is 10.0 Å². The normalized spacial score (nSPS) is 20.9. The lowest BCUT2D eigenvalue weighted by Gasteiger charge is -2.32. The number of ether oxygens (including phenoxy) is 2. The molecule has 1 N–H and O–H groups in total. The summed E-state index contributed by atoms with van der Waals surface area (Å²) in [6.07, 6.45) is 10.2. The van der Waals surface area contributed by atoms with Crippen LogP contribution in [0.4, 0.5) is 0 Å². The molecule has 2 fully saturated rings. The number of nitrogens with one attached hydrogen (secondary N) is 1. The molecule has 0 spiro atoms. The average molecular weight is 538 g/mol. The van der Waals surface area contributed by atoms with Crippen molar-refractivity contribution in [2.75, 3.05) is 54.1 Å². The van der Waals surface area contributed by atoms with Gasteiger partial charge in [0, 0.05) is 33.2 Å². The maximum absolute atomic E-state index is 13.1. The Balaban J connectivity index is 1.35. The SMILES string of the molecule is COc1cc(C)c(S(=O)(=O)N(C)CCOCC(=O)N(C)C[C@H]2CC[C@H](CNC3CCCC3)CC2)c(C)c1. The summed E-state index contributed by atoms with van der Waals surface area (Å²) < 4.78 is 38.3. The van der Waals surface area contributed by atoms with E-state index in [9.17, 15) is 13.2 Å². The minimum absolute atomic E-state index is 0.0361. The molecule has 0 unspecified atom stereocenters. The van der Waals surface area contributed by atoms with Crippen LogP contribution in [0.25, 0.3) is 0 Å². The Kier molecular flexibility index (Phi) is 11.2. The van der Waals surface area contributed by atoms with Crippen molar-refractivity contribution >= 4 is 15.9 Å². The second-order valence-electron chi connectivity index (χ2n) is 11.0. The molecule has 1 amide bonds. The largest absolute Gasteiger partial charge is 0.497 e. The molecule has 8 nitrogen and oxygen atoms in total. The zero-order valence-electron chi connectivity index (χ0n) is 23.4. The van der Waals surface area contributed by atoms with Gasteiger partial charge in [-0.25, -0.2) is 8.42 Å². The highest BCUT2D eigenvalue weighted by Gasteiger charge is 2.26. The molecule has 1 aromatic carbocycles. The van der Waals surface area contributed by atoms with Crippen LogP contribution in [0.1, 0.15) is 62.5 Å². The van der Waals surface area contributed by atoms with E-state index in [1.54, 1.807) is 38.0 Å². The summed E-state index contributed by atoms with van der Waals surface area (Å²) in [6, 6.07) is 4.17. The summed E-state index contributed by atoms with van der Waals surface area (Å²) in [4.78, 5) is 14.6. The van der Waals surface area contributed by atoms with E-state index in [1.807, 2.05) is 7.05 Å². The molecule has 3 rings (SSSR count). The first-order valence-electron chi connectivity index (χ1n) is 13.8. The van der Waals surface area contributed by atoms with Gasteiger partial charge in [-0.05, 0) is 94.0 Å². The van der Waals surface area contributed by atoms with Gasteiger partial charge >= 0.3 is 0 Å². The number of sulfonamides is 1. The van der Waals surface area contributed by atoms with E-state index in [4.69, 9.17) is 9.47 Å². The van der Waals surface area contributed by atoms with Crippen LogP contribution in [-0.4, -0.2) is 83.6 Å². The second-order valence-corrected chi connectivity index (χ2v) is 13.0. The summed E-state index contributed by atoms with van der Waals surface area (Å²) >= 11 is 0. The Morgan fingerprint density at radius 1 is 1.00 bits per heavy atom. The maximum atomic E-state index is 13.1. The van der Waals surface area contributed by atoms with Gasteiger partial charge in [-0.15, -0.1) is 0 Å². The third-order valence-electron chi connectivity index (χ3n) is 8.09. The van der Waals surface area contributed by atoms with Gasteiger partial charge in [-0.1, -0.05) is 12.8 Å². The van der Waals surface area contributed by atoms with Gasteiger partial charge in [0.15, 0.2) is 0 Å². The van der Waals surface area contributed by atoms with Crippen LogP contribution in [0.15, 0.2) is 17.0 Å². The van der Waals surface area contributed by atoms with Gasteiger partial charge in [0.25, 0.3) is 0 Å². The van der Waals surface area contributed by atoms with Gasteiger partial charge in [0.2, 0.25) is 15.9 Å². The molecule has 0 aromatic heterocycles. The number of carbonyl (C=O) groups excluding carboxylic acids is 1. The Morgan fingerprint density at radius 3 is 2.19 bits per heavy atom. The topological polar surface area (TPSA) is 88.2 Å². The van der Waals surface area contributed by atoms with Crippen molar-refractivity contribution in [2.45, 2.75) is 76.2 Å². The van der Waals surface area contributed by atoms with Crippen LogP contribution in [0.3, 0.4) is 0 Å². The predicted octanol–water partition coefficient (Wildman–Crippen LogP) is 3.75. The molecule has 0 aliphatic heterocycles. The molecule has 1 aromatic rings. The number of rotatable bonds is 13. The van der Waals surface area contributed by atoms with Gasteiger partial charge < -0.3 is 19.7 Å². The Morgan fingerprint density at radius 2 is 1.59 bits per heavy atom. The lowest BCUT2D eigenvalue weighted by Crippen LogP contribution is -2.38. The number of nitrogens with zero attached hydrogens (tertiary/aromatic N) is 2. The molecule has 2 aliphatic rings. The molecule has 0 saturated heterocycles. The van der Waals surface area contributed by atoms with Crippen LogP contribution >= 0.6 is 0 Å². The molecule has 9 heteroatoms. The molecular formula is C28H47N3O5S. The van der Waals surface area contributed by atoms with Gasteiger partial charge in [-0.3, -0.25) is 4.79 Å². The minimum Gasteiger partial charge on any atom is -0.497 e. The zero-order chi connectivity index (χ0) is 27.0. The summed E-state index contributed by atoms with van der Waals surface area (Å²) in [7, 11) is 1.26. The number of hydrogen-bond donors (Lipinski definition) is 1. The predicted molar refractivity (Wildman–Crippen MR) is 146 cm³/mol. The van der Waals surface area contributed by atoms with Crippen molar-refractivity contribution in [2.24, 2.45) is 11.8 Å². The summed E-state index contributed by atoms with van der Waals surface area (Å²) in [6.45, 7) is 5.72. The third kappa shape index (κ3) is 8.40. The Hall–Kier alpha value is -1.68. The number of methoxy groups -OCH3 is 1. The van der Waals surface area contributed by atoms with E-state index in [0.29, 0.717) is 22.8 Å². The lowest BCUT2D eigenvalue weighted by atomic mass is 9.81. The highest BCUT2D eigenvalue weighted by Crippen LogP contribution is 2.30. The fraction of sp³-hybridized carbons (Fsp3) is 0.750. The smallest absolute Gasteiger partial charge is 0.248 e. The number of carbonyl (C=O) groups is 1. The van der Waals surface area contributed by atoms with Gasteiger partial charge in [0.05, 0.1) is 18.6 Å². The molecule has 2 aliphatic carbocycles. The first kappa shape index (κ1) is 29.9. The third-order valence-corrected chi connectivity index (χ3v) is 10.3. The fourth-order valence-corrected chi connectivity index (χ4v) is 7.30. The molecule has 2 saturated carbocycles. The number of hydrogen-bond acceptors (Lipinski definition) is 6. The highest BCUT2D eigenvalue weighted by molar-refractivity contribution is 7.89. The van der Waals surface area contributed by atoms with Crippen molar-refractivity contribution in [3.8, 4) is 5.75 Å². The van der Waals surface area contributed by atoms with Crippen molar-refractivity contribution < 1.29 is 22.7 Å². The molecule has 0 bridgehead atoms. The molecular weight excluding hydrogens is 490 g/mol. The van der Waals surface area contributed by atoms with Gasteiger partial charge in [0.1, 0.15) is 12.4 Å². The van der Waals surface area contributed by atoms with Crippen molar-refractivity contribution in [1.82, 2.24) is 14.5 Å².